The van der Waals surface area contributed by atoms with Gasteiger partial charge in [-0.2, -0.15) is 0 Å². The molecule has 0 bridgehead atoms. The second-order valence-electron chi connectivity index (χ2n) is 12.9. The highest BCUT2D eigenvalue weighted by Gasteiger charge is 2.88. The molecule has 0 unspecified atom stereocenters. The normalized spacial score (nSPS) is 51.0. The Morgan fingerprint density at radius 3 is 2.38 bits per heavy atom. The van der Waals surface area contributed by atoms with Gasteiger partial charge < -0.3 is 24.1 Å². The molecule has 1 N–H and O–H groups in total. The molecule has 3 heterocycles. The van der Waals surface area contributed by atoms with Gasteiger partial charge in [-0.05, 0) is 42.6 Å². The molecule has 0 aromatic heterocycles. The zero-order valence-corrected chi connectivity index (χ0v) is 22.0. The van der Waals surface area contributed by atoms with E-state index in [1.54, 1.807) is 6.08 Å². The Labute approximate surface area is 215 Å². The van der Waals surface area contributed by atoms with Crippen molar-refractivity contribution in [1.29, 1.82) is 0 Å². The fourth-order valence-electron chi connectivity index (χ4n) is 9.40. The summed E-state index contributed by atoms with van der Waals surface area (Å²) in [5, 5.41) is 10.5. The Balaban J connectivity index is 1.54. The van der Waals surface area contributed by atoms with E-state index in [1.807, 2.05) is 33.8 Å². The number of aliphatic hydroxyl groups excluding tert-OH is 1. The van der Waals surface area contributed by atoms with Crippen LogP contribution in [0.1, 0.15) is 60.8 Å². The topological polar surface area (TPSA) is 129 Å². The summed E-state index contributed by atoms with van der Waals surface area (Å²) in [7, 11) is 0. The SMILES string of the molecule is CC(=O)O[C@@H]1C[C@@H]2C(C)(C)C(=O)C=C[C@]2(C)[C@H]2CC[C@@]3(C)[C@H](C4=CC(=O)O[C@@H]4O)OC(=O)[C@H]4O[C@]43[C@@]21C. The molecule has 0 amide bonds. The first-order chi connectivity index (χ1) is 17.1. The number of aliphatic hydroxyl groups is 1. The van der Waals surface area contributed by atoms with Gasteiger partial charge >= 0.3 is 17.9 Å². The Kier molecular flexibility index (Phi) is 4.77. The number of carbonyl (C=O) groups excluding carboxylic acids is 4. The third-order valence-corrected chi connectivity index (χ3v) is 11.1. The lowest BCUT2D eigenvalue weighted by atomic mass is 9.35. The van der Waals surface area contributed by atoms with Gasteiger partial charge in [-0.25, -0.2) is 9.59 Å². The summed E-state index contributed by atoms with van der Waals surface area (Å²) in [6.07, 6.45) is 2.63. The second kappa shape index (κ2) is 7.11. The van der Waals surface area contributed by atoms with Gasteiger partial charge in [0.1, 0.15) is 17.8 Å². The van der Waals surface area contributed by atoms with E-state index in [1.165, 1.54) is 13.0 Å². The number of rotatable bonds is 2. The molecule has 200 valence electrons. The molecule has 37 heavy (non-hydrogen) atoms. The second-order valence-corrected chi connectivity index (χ2v) is 12.9. The lowest BCUT2D eigenvalue weighted by molar-refractivity contribution is -0.248. The molecular formula is C28H34O9. The van der Waals surface area contributed by atoms with Crippen LogP contribution in [0.25, 0.3) is 0 Å². The van der Waals surface area contributed by atoms with Gasteiger partial charge in [-0.1, -0.05) is 40.7 Å². The fourth-order valence-corrected chi connectivity index (χ4v) is 9.40. The molecule has 4 fully saturated rings. The monoisotopic (exact) mass is 514 g/mol. The minimum absolute atomic E-state index is 0.0487. The average molecular weight is 515 g/mol. The molecule has 9 heteroatoms. The number of ether oxygens (including phenoxy) is 4. The number of cyclic esters (lactones) is 2. The minimum Gasteiger partial charge on any atom is -0.462 e. The number of allylic oxidation sites excluding steroid dienone is 2. The molecule has 1 spiro atoms. The van der Waals surface area contributed by atoms with Gasteiger partial charge in [-0.3, -0.25) is 9.59 Å². The molecule has 10 atom stereocenters. The number of esters is 3. The Hall–Kier alpha value is -2.52. The molecule has 0 radical (unpaired) electrons. The van der Waals surface area contributed by atoms with Crippen molar-refractivity contribution in [2.45, 2.75) is 91.0 Å². The first-order valence-corrected chi connectivity index (χ1v) is 13.0. The summed E-state index contributed by atoms with van der Waals surface area (Å²) in [5.74, 6) is -1.83. The standard InChI is InChI=1S/C28H34O9/c1-13(29)34-18-12-16-24(2,3)17(30)8-9-25(16,4)15-7-10-26(5)20(14-11-19(31)35-22(14)32)36-23(33)21-28(26,37-21)27(15,18)6/h8-9,11,15-16,18,20-22,32H,7,10,12H2,1-6H3/t15-,16-,18-,20+,21-,22+,25-,26+,27+,28-/m1/s1. The largest absolute Gasteiger partial charge is 0.462 e. The van der Waals surface area contributed by atoms with Gasteiger partial charge in [0.25, 0.3) is 0 Å². The van der Waals surface area contributed by atoms with Gasteiger partial charge in [0, 0.05) is 34.8 Å². The van der Waals surface area contributed by atoms with Crippen molar-refractivity contribution in [3.63, 3.8) is 0 Å². The van der Waals surface area contributed by atoms with Gasteiger partial charge in [0.2, 0.25) is 6.29 Å². The van der Waals surface area contributed by atoms with Crippen molar-refractivity contribution in [2.75, 3.05) is 0 Å². The fraction of sp³-hybridized carbons (Fsp3) is 0.714. The number of hydrogen-bond acceptors (Lipinski definition) is 9. The van der Waals surface area contributed by atoms with Crippen LogP contribution in [0.2, 0.25) is 0 Å². The van der Waals surface area contributed by atoms with E-state index in [4.69, 9.17) is 18.9 Å². The molecule has 9 nitrogen and oxygen atoms in total. The number of fused-ring (bicyclic) bond motifs is 3. The zero-order valence-electron chi connectivity index (χ0n) is 22.0. The number of hydrogen-bond donors (Lipinski definition) is 1. The number of epoxide rings is 1. The first kappa shape index (κ1) is 24.8. The third-order valence-electron chi connectivity index (χ3n) is 11.1. The molecule has 6 rings (SSSR count). The van der Waals surface area contributed by atoms with E-state index in [0.29, 0.717) is 19.3 Å². The van der Waals surface area contributed by atoms with Crippen molar-refractivity contribution < 1.29 is 43.2 Å². The molecular weight excluding hydrogens is 480 g/mol. The maximum atomic E-state index is 13.3. The van der Waals surface area contributed by atoms with Crippen LogP contribution in [-0.4, -0.2) is 59.0 Å². The van der Waals surface area contributed by atoms with Crippen molar-refractivity contribution >= 4 is 23.7 Å². The number of carbonyl (C=O) groups is 4. The summed E-state index contributed by atoms with van der Waals surface area (Å²) < 4.78 is 23.3. The van der Waals surface area contributed by atoms with Crippen LogP contribution in [0.5, 0.6) is 0 Å². The third kappa shape index (κ3) is 2.72. The lowest BCUT2D eigenvalue weighted by Crippen LogP contribution is -2.74. The molecule has 0 aromatic carbocycles. The summed E-state index contributed by atoms with van der Waals surface area (Å²) in [4.78, 5) is 50.7. The van der Waals surface area contributed by atoms with Gasteiger partial charge in [-0.15, -0.1) is 0 Å². The van der Waals surface area contributed by atoms with Gasteiger partial charge in [0.05, 0.1) is 0 Å². The zero-order chi connectivity index (χ0) is 26.9. The van der Waals surface area contributed by atoms with E-state index < -0.39 is 69.8 Å². The number of ketones is 1. The first-order valence-electron chi connectivity index (χ1n) is 13.0. The van der Waals surface area contributed by atoms with Crippen molar-refractivity contribution in [3.8, 4) is 0 Å². The van der Waals surface area contributed by atoms with Crippen LogP contribution in [-0.2, 0) is 38.1 Å². The molecule has 2 saturated carbocycles. The molecule has 3 aliphatic heterocycles. The highest BCUT2D eigenvalue weighted by Crippen LogP contribution is 2.78. The predicted octanol–water partition coefficient (Wildman–Crippen LogP) is 2.40. The van der Waals surface area contributed by atoms with E-state index >= 15 is 0 Å². The minimum atomic E-state index is -1.51. The Bertz CT molecular complexity index is 1200. The summed E-state index contributed by atoms with van der Waals surface area (Å²) in [6, 6.07) is 0. The van der Waals surface area contributed by atoms with Crippen LogP contribution in [0, 0.1) is 33.5 Å². The molecule has 6 aliphatic rings. The molecule has 2 saturated heterocycles. The van der Waals surface area contributed by atoms with E-state index in [0.717, 1.165) is 0 Å². The van der Waals surface area contributed by atoms with Crippen LogP contribution in [0.4, 0.5) is 0 Å². The van der Waals surface area contributed by atoms with Crippen molar-refractivity contribution in [3.05, 3.63) is 23.8 Å². The van der Waals surface area contributed by atoms with Crippen molar-refractivity contribution in [2.24, 2.45) is 33.5 Å². The van der Waals surface area contributed by atoms with Crippen molar-refractivity contribution in [1.82, 2.24) is 0 Å². The lowest BCUT2D eigenvalue weighted by Gasteiger charge is -2.68. The van der Waals surface area contributed by atoms with Crippen LogP contribution in [0.3, 0.4) is 0 Å². The average Bonchev–Trinajstić information content (AvgIpc) is 3.49. The predicted molar refractivity (Wildman–Crippen MR) is 126 cm³/mol. The Morgan fingerprint density at radius 2 is 1.76 bits per heavy atom. The summed E-state index contributed by atoms with van der Waals surface area (Å²) in [6.45, 7) is 11.4. The maximum Gasteiger partial charge on any atom is 0.339 e. The summed E-state index contributed by atoms with van der Waals surface area (Å²) in [5.41, 5.74) is -3.60. The molecule has 3 aliphatic carbocycles. The smallest absolute Gasteiger partial charge is 0.339 e. The van der Waals surface area contributed by atoms with Gasteiger partial charge in [0.15, 0.2) is 11.9 Å². The van der Waals surface area contributed by atoms with Crippen LogP contribution >= 0.6 is 0 Å². The maximum absolute atomic E-state index is 13.3. The van der Waals surface area contributed by atoms with E-state index in [9.17, 15) is 24.3 Å². The van der Waals surface area contributed by atoms with Crippen LogP contribution < -0.4 is 0 Å². The quantitative estimate of drug-likeness (QED) is 0.335. The highest BCUT2D eigenvalue weighted by atomic mass is 16.7. The highest BCUT2D eigenvalue weighted by molar-refractivity contribution is 5.96. The van der Waals surface area contributed by atoms with Crippen LogP contribution in [0.15, 0.2) is 23.8 Å². The molecule has 0 aromatic rings. The summed E-state index contributed by atoms with van der Waals surface area (Å²) >= 11 is 0. The van der Waals surface area contributed by atoms with E-state index in [-0.39, 0.29) is 23.2 Å². The Morgan fingerprint density at radius 1 is 1.05 bits per heavy atom. The van der Waals surface area contributed by atoms with E-state index in [2.05, 4.69) is 6.92 Å².